The van der Waals surface area contributed by atoms with Gasteiger partial charge in [0.05, 0.1) is 6.10 Å². The average molecular weight is 457 g/mol. The lowest BCUT2D eigenvalue weighted by Crippen LogP contribution is -2.65. The minimum atomic E-state index is -0.737. The zero-order valence-electron chi connectivity index (χ0n) is 22.1. The zero-order chi connectivity index (χ0) is 24.0. The van der Waals surface area contributed by atoms with E-state index in [-0.39, 0.29) is 21.7 Å². The van der Waals surface area contributed by atoms with E-state index in [9.17, 15) is 10.2 Å². The van der Waals surface area contributed by atoms with Crippen LogP contribution in [0, 0.1) is 51.2 Å². The second-order valence-corrected chi connectivity index (χ2v) is 13.9. The largest absolute Gasteiger partial charge is 0.392 e. The molecule has 33 heavy (non-hydrogen) atoms. The maximum atomic E-state index is 11.6. The molecule has 0 amide bonds. The molecular weight excluding hydrogens is 408 g/mol. The fourth-order valence-corrected chi connectivity index (χ4v) is 9.98. The number of aliphatic hydroxyl groups is 2. The molecule has 5 rings (SSSR count). The van der Waals surface area contributed by atoms with Gasteiger partial charge < -0.3 is 14.9 Å². The SMILES string of the molecule is CC(C)/C=C/C[C@@H](C)[C@H]1CC[C@@]2(C)[C@@H]3C=C[C@@]45OC(O)[C@]3(CC[C@]12C)[C@@H]4CC[C@H](O)C5(C)C. The Balaban J connectivity index is 1.52. The van der Waals surface area contributed by atoms with Gasteiger partial charge in [-0.2, -0.15) is 0 Å². The Morgan fingerprint density at radius 3 is 2.39 bits per heavy atom. The van der Waals surface area contributed by atoms with Crippen LogP contribution in [0.3, 0.4) is 0 Å². The highest BCUT2D eigenvalue weighted by atomic mass is 16.6. The van der Waals surface area contributed by atoms with Crippen molar-refractivity contribution in [3.63, 3.8) is 0 Å². The molecule has 1 aliphatic heterocycles. The van der Waals surface area contributed by atoms with Crippen LogP contribution >= 0.6 is 0 Å². The summed E-state index contributed by atoms with van der Waals surface area (Å²) in [5.41, 5.74) is -0.694. The van der Waals surface area contributed by atoms with Crippen molar-refractivity contribution in [1.29, 1.82) is 0 Å². The summed E-state index contributed by atoms with van der Waals surface area (Å²) < 4.78 is 6.60. The lowest BCUT2D eigenvalue weighted by Gasteiger charge is -2.65. The van der Waals surface area contributed by atoms with Crippen LogP contribution in [-0.2, 0) is 4.74 Å². The van der Waals surface area contributed by atoms with Crippen LogP contribution < -0.4 is 0 Å². The monoisotopic (exact) mass is 456 g/mol. The minimum Gasteiger partial charge on any atom is -0.392 e. The molecule has 5 aliphatic rings. The lowest BCUT2D eigenvalue weighted by atomic mass is 9.38. The van der Waals surface area contributed by atoms with Gasteiger partial charge in [0.25, 0.3) is 0 Å². The minimum absolute atomic E-state index is 0.170. The van der Waals surface area contributed by atoms with Crippen LogP contribution in [0.15, 0.2) is 24.3 Å². The number of fused-ring (bicyclic) bond motifs is 2. The molecule has 3 saturated carbocycles. The maximum absolute atomic E-state index is 11.6. The summed E-state index contributed by atoms with van der Waals surface area (Å²) >= 11 is 0. The zero-order valence-corrected chi connectivity index (χ0v) is 22.1. The van der Waals surface area contributed by atoms with E-state index < -0.39 is 18.0 Å². The third-order valence-electron chi connectivity index (χ3n) is 12.2. The summed E-state index contributed by atoms with van der Waals surface area (Å²) in [5, 5.41) is 22.6. The normalized spacial score (nSPS) is 53.2. The average Bonchev–Trinajstić information content (AvgIpc) is 3.09. The van der Waals surface area contributed by atoms with Crippen molar-refractivity contribution in [1.82, 2.24) is 0 Å². The predicted molar refractivity (Wildman–Crippen MR) is 133 cm³/mol. The van der Waals surface area contributed by atoms with Gasteiger partial charge in [-0.3, -0.25) is 0 Å². The molecule has 0 radical (unpaired) electrons. The Morgan fingerprint density at radius 1 is 0.970 bits per heavy atom. The number of hydrogen-bond acceptors (Lipinski definition) is 3. The van der Waals surface area contributed by atoms with Gasteiger partial charge in [-0.15, -0.1) is 0 Å². The Bertz CT molecular complexity index is 843. The Kier molecular flexibility index (Phi) is 5.42. The number of rotatable bonds is 4. The predicted octanol–water partition coefficient (Wildman–Crippen LogP) is 6.50. The third-order valence-corrected chi connectivity index (χ3v) is 12.2. The smallest absolute Gasteiger partial charge is 0.162 e. The molecule has 186 valence electrons. The van der Waals surface area contributed by atoms with Crippen LogP contribution in [0.2, 0.25) is 0 Å². The van der Waals surface area contributed by atoms with Gasteiger partial charge in [0.2, 0.25) is 0 Å². The molecule has 10 atom stereocenters. The lowest BCUT2D eigenvalue weighted by molar-refractivity contribution is -0.213. The molecule has 4 aliphatic carbocycles. The van der Waals surface area contributed by atoms with Crippen LogP contribution in [0.5, 0.6) is 0 Å². The van der Waals surface area contributed by atoms with Crippen molar-refractivity contribution in [2.24, 2.45) is 51.2 Å². The highest BCUT2D eigenvalue weighted by Crippen LogP contribution is 2.78. The number of ether oxygens (including phenoxy) is 1. The van der Waals surface area contributed by atoms with Crippen molar-refractivity contribution < 1.29 is 14.9 Å². The second kappa shape index (κ2) is 7.43. The quantitative estimate of drug-likeness (QED) is 0.475. The third kappa shape index (κ3) is 2.79. The number of aliphatic hydroxyl groups excluding tert-OH is 2. The summed E-state index contributed by atoms with van der Waals surface area (Å²) in [7, 11) is 0. The summed E-state index contributed by atoms with van der Waals surface area (Å²) in [6, 6.07) is 0. The van der Waals surface area contributed by atoms with Crippen LogP contribution in [0.1, 0.15) is 93.4 Å². The molecule has 4 fully saturated rings. The molecule has 0 aromatic heterocycles. The first-order valence-corrected chi connectivity index (χ1v) is 13.8. The summed E-state index contributed by atoms with van der Waals surface area (Å²) in [5.74, 6) is 2.65. The fraction of sp³-hybridized carbons (Fsp3) is 0.867. The topological polar surface area (TPSA) is 49.7 Å². The van der Waals surface area contributed by atoms with Crippen LogP contribution in [0.25, 0.3) is 0 Å². The summed E-state index contributed by atoms with van der Waals surface area (Å²) in [6.45, 7) is 16.4. The highest BCUT2D eigenvalue weighted by Gasteiger charge is 2.78. The first-order chi connectivity index (χ1) is 15.4. The van der Waals surface area contributed by atoms with Gasteiger partial charge in [0.15, 0.2) is 6.29 Å². The van der Waals surface area contributed by atoms with Gasteiger partial charge >= 0.3 is 0 Å². The van der Waals surface area contributed by atoms with Crippen LogP contribution in [0.4, 0.5) is 0 Å². The number of allylic oxidation sites excluding steroid dienone is 3. The molecule has 3 nitrogen and oxygen atoms in total. The summed E-state index contributed by atoms with van der Waals surface area (Å²) in [6.07, 6.45) is 16.1. The first-order valence-electron chi connectivity index (χ1n) is 13.8. The van der Waals surface area contributed by atoms with Gasteiger partial charge in [-0.25, -0.2) is 0 Å². The van der Waals surface area contributed by atoms with Gasteiger partial charge in [0, 0.05) is 16.7 Å². The molecule has 1 saturated heterocycles. The molecule has 1 spiro atoms. The van der Waals surface area contributed by atoms with Gasteiger partial charge in [-0.05, 0) is 79.4 Å². The van der Waals surface area contributed by atoms with E-state index in [2.05, 4.69) is 72.8 Å². The van der Waals surface area contributed by atoms with E-state index in [0.717, 1.165) is 25.2 Å². The standard InChI is InChI=1S/C30H48O3/c1-19(2)9-8-10-20(3)21-13-15-28(7)22-14-16-30-23(11-12-24(31)26(30,4)5)29(22,25(32)33-30)18-17-27(21,28)6/h8-9,14,16,19-25,31-32H,10-13,15,17-18H2,1-7H3/b9-8+/t20-,21-,22+,23+,24+,25?,27-,28+,29+,30-/m1/s1. The van der Waals surface area contributed by atoms with Gasteiger partial charge in [0.1, 0.15) is 5.60 Å². The molecule has 0 aromatic rings. The van der Waals surface area contributed by atoms with Crippen molar-refractivity contribution in [3.05, 3.63) is 24.3 Å². The van der Waals surface area contributed by atoms with Crippen LogP contribution in [-0.4, -0.2) is 28.2 Å². The van der Waals surface area contributed by atoms with E-state index in [1.54, 1.807) is 0 Å². The second-order valence-electron chi connectivity index (χ2n) is 13.9. The number of hydrogen-bond donors (Lipinski definition) is 2. The molecule has 2 N–H and O–H groups in total. The Morgan fingerprint density at radius 2 is 1.70 bits per heavy atom. The van der Waals surface area contributed by atoms with Crippen molar-refractivity contribution in [3.8, 4) is 0 Å². The van der Waals surface area contributed by atoms with E-state index in [1.807, 2.05) is 0 Å². The maximum Gasteiger partial charge on any atom is 0.162 e. The molecular formula is C30H48O3. The molecule has 1 unspecified atom stereocenters. The molecule has 2 bridgehead atoms. The van der Waals surface area contributed by atoms with Crippen molar-refractivity contribution >= 4 is 0 Å². The molecule has 0 aromatic carbocycles. The Labute approximate surface area is 202 Å². The Hall–Kier alpha value is -0.640. The van der Waals surface area contributed by atoms with E-state index >= 15 is 0 Å². The first kappa shape index (κ1) is 24.1. The fourth-order valence-electron chi connectivity index (χ4n) is 9.98. The summed E-state index contributed by atoms with van der Waals surface area (Å²) in [4.78, 5) is 0. The highest BCUT2D eigenvalue weighted by molar-refractivity contribution is 5.34. The van der Waals surface area contributed by atoms with E-state index in [0.29, 0.717) is 23.7 Å². The van der Waals surface area contributed by atoms with Crippen molar-refractivity contribution in [2.75, 3.05) is 0 Å². The van der Waals surface area contributed by atoms with Gasteiger partial charge in [-0.1, -0.05) is 72.8 Å². The van der Waals surface area contributed by atoms with E-state index in [1.165, 1.54) is 25.7 Å². The van der Waals surface area contributed by atoms with Crippen molar-refractivity contribution in [2.45, 2.75) is 111 Å². The molecule has 1 heterocycles. The van der Waals surface area contributed by atoms with E-state index in [4.69, 9.17) is 4.74 Å². The molecule has 3 heteroatoms.